The summed E-state index contributed by atoms with van der Waals surface area (Å²) < 4.78 is 0. The van der Waals surface area contributed by atoms with Crippen LogP contribution in [0.3, 0.4) is 0 Å². The molecule has 0 saturated heterocycles. The van der Waals surface area contributed by atoms with Crippen molar-refractivity contribution in [3.8, 4) is 0 Å². The number of rotatable bonds is 2. The Morgan fingerprint density at radius 2 is 2.14 bits per heavy atom. The average Bonchev–Trinajstić information content (AvgIpc) is 2.15. The second-order valence-corrected chi connectivity index (χ2v) is 4.50. The molecule has 0 atom stereocenters. The predicted octanol–water partition coefficient (Wildman–Crippen LogP) is 2.80. The summed E-state index contributed by atoms with van der Waals surface area (Å²) in [5.74, 6) is -0.0564. The first-order chi connectivity index (χ1) is 6.46. The molecule has 0 spiro atoms. The first-order valence-electron chi connectivity index (χ1n) is 4.50. The van der Waals surface area contributed by atoms with Crippen molar-refractivity contribution < 1.29 is 4.79 Å². The highest BCUT2D eigenvalue weighted by molar-refractivity contribution is 6.30. The minimum Gasteiger partial charge on any atom is -0.293 e. The van der Waals surface area contributed by atoms with E-state index in [1.54, 1.807) is 12.4 Å². The van der Waals surface area contributed by atoms with Gasteiger partial charge in [0.2, 0.25) is 0 Å². The summed E-state index contributed by atoms with van der Waals surface area (Å²) in [6, 6.07) is 1.87. The quantitative estimate of drug-likeness (QED) is 0.556. The maximum absolute atomic E-state index is 11.5. The Hall–Kier alpha value is -0.890. The molecular formula is C11H14ClNO. The lowest BCUT2D eigenvalue weighted by molar-refractivity contribution is 0.101. The summed E-state index contributed by atoms with van der Waals surface area (Å²) in [4.78, 5) is 15.5. The number of nitrogens with zero attached hydrogens (tertiary/aromatic N) is 1. The molecule has 0 N–H and O–H groups in total. The minimum absolute atomic E-state index is 0.00870. The first-order valence-corrected chi connectivity index (χ1v) is 5.04. The summed E-state index contributed by atoms with van der Waals surface area (Å²) in [6.45, 7) is 6.19. The van der Waals surface area contributed by atoms with E-state index in [1.807, 2.05) is 6.07 Å². The van der Waals surface area contributed by atoms with Gasteiger partial charge in [0, 0.05) is 18.0 Å². The number of ketones is 1. The number of carbonyl (C=O) groups excluding carboxylic acids is 1. The molecule has 0 radical (unpaired) electrons. The Morgan fingerprint density at radius 3 is 2.64 bits per heavy atom. The number of alkyl halides is 1. The summed E-state index contributed by atoms with van der Waals surface area (Å²) in [5.41, 5.74) is 1.58. The molecule has 3 heteroatoms. The molecule has 0 aliphatic heterocycles. The Morgan fingerprint density at radius 1 is 1.50 bits per heavy atom. The van der Waals surface area contributed by atoms with Gasteiger partial charge in [-0.05, 0) is 17.0 Å². The van der Waals surface area contributed by atoms with Crippen LogP contribution < -0.4 is 0 Å². The molecule has 76 valence electrons. The molecule has 1 rings (SSSR count). The molecule has 14 heavy (non-hydrogen) atoms. The highest BCUT2D eigenvalue weighted by Crippen LogP contribution is 2.25. The highest BCUT2D eigenvalue weighted by atomic mass is 35.5. The lowest BCUT2D eigenvalue weighted by Gasteiger charge is -2.21. The van der Waals surface area contributed by atoms with Crippen LogP contribution in [0, 0.1) is 0 Å². The van der Waals surface area contributed by atoms with Crippen molar-refractivity contribution in [2.75, 3.05) is 5.88 Å². The maximum Gasteiger partial charge on any atom is 0.179 e. The second kappa shape index (κ2) is 4.09. The normalized spacial score (nSPS) is 11.4. The van der Waals surface area contributed by atoms with Crippen molar-refractivity contribution in [3.63, 3.8) is 0 Å². The zero-order valence-electron chi connectivity index (χ0n) is 8.67. The third-order valence-corrected chi connectivity index (χ3v) is 2.29. The number of hydrogen-bond acceptors (Lipinski definition) is 2. The van der Waals surface area contributed by atoms with Crippen LogP contribution in [0.2, 0.25) is 0 Å². The smallest absolute Gasteiger partial charge is 0.179 e. The van der Waals surface area contributed by atoms with Gasteiger partial charge in [-0.15, -0.1) is 11.6 Å². The summed E-state index contributed by atoms with van der Waals surface area (Å²) in [6.07, 6.45) is 3.29. The van der Waals surface area contributed by atoms with Crippen molar-refractivity contribution in [2.24, 2.45) is 0 Å². The number of pyridine rings is 1. The van der Waals surface area contributed by atoms with Crippen molar-refractivity contribution in [1.29, 1.82) is 0 Å². The topological polar surface area (TPSA) is 30.0 Å². The first kappa shape index (κ1) is 11.2. The van der Waals surface area contributed by atoms with Crippen molar-refractivity contribution in [1.82, 2.24) is 4.98 Å². The van der Waals surface area contributed by atoms with Crippen LogP contribution in [0.25, 0.3) is 0 Å². The SMILES string of the molecule is CC(C)(C)c1ccncc1C(=O)CCl. The number of Topliss-reactive ketones (excluding diaryl/α,β-unsaturated/α-hetero) is 1. The number of hydrogen-bond donors (Lipinski definition) is 0. The fourth-order valence-electron chi connectivity index (χ4n) is 1.34. The molecule has 0 aliphatic rings. The van der Waals surface area contributed by atoms with Gasteiger partial charge in [0.15, 0.2) is 5.78 Å². The molecule has 0 saturated carbocycles. The van der Waals surface area contributed by atoms with Crippen molar-refractivity contribution in [3.05, 3.63) is 29.6 Å². The number of carbonyl (C=O) groups is 1. The molecule has 1 aromatic heterocycles. The van der Waals surface area contributed by atoms with Gasteiger partial charge in [0.25, 0.3) is 0 Å². The third kappa shape index (κ3) is 2.32. The molecule has 1 heterocycles. The Kier molecular flexibility index (Phi) is 3.27. The van der Waals surface area contributed by atoms with Gasteiger partial charge in [0.05, 0.1) is 5.88 Å². The summed E-state index contributed by atoms with van der Waals surface area (Å²) >= 11 is 5.53. The maximum atomic E-state index is 11.5. The largest absolute Gasteiger partial charge is 0.293 e. The van der Waals surface area contributed by atoms with Gasteiger partial charge in [-0.25, -0.2) is 0 Å². The average molecular weight is 212 g/mol. The van der Waals surface area contributed by atoms with E-state index in [4.69, 9.17) is 11.6 Å². The molecule has 0 bridgehead atoms. The van der Waals surface area contributed by atoms with E-state index >= 15 is 0 Å². The predicted molar refractivity (Wildman–Crippen MR) is 58.0 cm³/mol. The number of aromatic nitrogens is 1. The van der Waals surface area contributed by atoms with E-state index in [9.17, 15) is 4.79 Å². The molecular weight excluding hydrogens is 198 g/mol. The van der Waals surface area contributed by atoms with Crippen LogP contribution in [-0.4, -0.2) is 16.6 Å². The van der Waals surface area contributed by atoms with Gasteiger partial charge < -0.3 is 0 Å². The van der Waals surface area contributed by atoms with E-state index in [-0.39, 0.29) is 17.1 Å². The van der Waals surface area contributed by atoms with E-state index in [2.05, 4.69) is 25.8 Å². The van der Waals surface area contributed by atoms with Crippen LogP contribution in [0.5, 0.6) is 0 Å². The fourth-order valence-corrected chi connectivity index (χ4v) is 1.49. The van der Waals surface area contributed by atoms with Gasteiger partial charge in [-0.1, -0.05) is 20.8 Å². The monoisotopic (exact) mass is 211 g/mol. The molecule has 0 fully saturated rings. The summed E-state index contributed by atoms with van der Waals surface area (Å²) in [7, 11) is 0. The van der Waals surface area contributed by atoms with E-state index in [0.29, 0.717) is 5.56 Å². The van der Waals surface area contributed by atoms with E-state index < -0.39 is 0 Å². The van der Waals surface area contributed by atoms with Crippen molar-refractivity contribution in [2.45, 2.75) is 26.2 Å². The Bertz CT molecular complexity index is 341. The van der Waals surface area contributed by atoms with Crippen molar-refractivity contribution >= 4 is 17.4 Å². The molecule has 2 nitrogen and oxygen atoms in total. The molecule has 1 aromatic rings. The molecule has 0 unspecified atom stereocenters. The van der Waals surface area contributed by atoms with E-state index in [1.165, 1.54) is 0 Å². The van der Waals surface area contributed by atoms with Gasteiger partial charge in [-0.3, -0.25) is 9.78 Å². The molecule has 0 aromatic carbocycles. The van der Waals surface area contributed by atoms with Gasteiger partial charge in [0.1, 0.15) is 0 Å². The molecule has 0 amide bonds. The zero-order valence-corrected chi connectivity index (χ0v) is 9.43. The minimum atomic E-state index is -0.0651. The number of halogens is 1. The Balaban J connectivity index is 3.23. The van der Waals surface area contributed by atoms with Crippen LogP contribution in [-0.2, 0) is 5.41 Å². The van der Waals surface area contributed by atoms with E-state index in [0.717, 1.165) is 5.56 Å². The van der Waals surface area contributed by atoms with Crippen LogP contribution in [0.4, 0.5) is 0 Å². The molecule has 0 aliphatic carbocycles. The second-order valence-electron chi connectivity index (χ2n) is 4.23. The lowest BCUT2D eigenvalue weighted by atomic mass is 9.84. The third-order valence-electron chi connectivity index (χ3n) is 2.05. The standard InChI is InChI=1S/C11H14ClNO/c1-11(2,3)9-4-5-13-7-8(9)10(14)6-12/h4-5,7H,6H2,1-3H3. The van der Waals surface area contributed by atoms with Gasteiger partial charge >= 0.3 is 0 Å². The highest BCUT2D eigenvalue weighted by Gasteiger charge is 2.20. The van der Waals surface area contributed by atoms with Crippen LogP contribution >= 0.6 is 11.6 Å². The van der Waals surface area contributed by atoms with Crippen LogP contribution in [0.1, 0.15) is 36.7 Å². The Labute approximate surface area is 89.3 Å². The summed E-state index contributed by atoms with van der Waals surface area (Å²) in [5, 5.41) is 0. The fraction of sp³-hybridized carbons (Fsp3) is 0.455. The zero-order chi connectivity index (χ0) is 10.8. The van der Waals surface area contributed by atoms with Gasteiger partial charge in [-0.2, -0.15) is 0 Å². The lowest BCUT2D eigenvalue weighted by Crippen LogP contribution is -2.17. The van der Waals surface area contributed by atoms with Crippen LogP contribution in [0.15, 0.2) is 18.5 Å².